The Morgan fingerprint density at radius 2 is 1.94 bits per heavy atom. The van der Waals surface area contributed by atoms with Crippen LogP contribution in [0.15, 0.2) is 10.5 Å². The van der Waals surface area contributed by atoms with E-state index in [2.05, 4.69) is 15.9 Å². The van der Waals surface area contributed by atoms with Crippen molar-refractivity contribution in [2.24, 2.45) is 5.73 Å². The average Bonchev–Trinajstić information content (AvgIpc) is 2.53. The van der Waals surface area contributed by atoms with Crippen LogP contribution in [-0.4, -0.2) is 13.2 Å². The van der Waals surface area contributed by atoms with E-state index >= 15 is 0 Å². The summed E-state index contributed by atoms with van der Waals surface area (Å²) in [5.74, 6) is 0.768. The van der Waals surface area contributed by atoms with Crippen LogP contribution in [0.3, 0.4) is 0 Å². The van der Waals surface area contributed by atoms with Gasteiger partial charge in [-0.25, -0.2) is 4.39 Å². The molecule has 1 aromatic rings. The minimum atomic E-state index is -0.606. The van der Waals surface area contributed by atoms with Gasteiger partial charge in [-0.3, -0.25) is 0 Å². The van der Waals surface area contributed by atoms with Crippen molar-refractivity contribution in [3.8, 4) is 11.5 Å². The SMILES string of the molecule is NC1(c2c(F)c(Br)cc3c2OCCCO3)CCC1. The molecule has 0 radical (unpaired) electrons. The lowest BCUT2D eigenvalue weighted by atomic mass is 9.72. The van der Waals surface area contributed by atoms with Crippen LogP contribution in [0.1, 0.15) is 31.2 Å². The molecule has 0 unspecified atom stereocenters. The standard InChI is InChI=1S/C13H15BrFNO2/c14-8-7-9-12(18-6-2-5-17-9)10(11(8)15)13(16)3-1-4-13/h7H,1-6,16H2. The highest BCUT2D eigenvalue weighted by molar-refractivity contribution is 9.10. The predicted octanol–water partition coefficient (Wildman–Crippen LogP) is 3.09. The van der Waals surface area contributed by atoms with Crippen LogP contribution in [0.25, 0.3) is 0 Å². The maximum absolute atomic E-state index is 14.4. The first-order valence-corrected chi connectivity index (χ1v) is 6.98. The zero-order valence-electron chi connectivity index (χ0n) is 9.97. The first-order chi connectivity index (χ1) is 8.62. The van der Waals surface area contributed by atoms with Gasteiger partial charge in [0.1, 0.15) is 5.82 Å². The Bertz CT molecular complexity index is 488. The van der Waals surface area contributed by atoms with Crippen LogP contribution in [0, 0.1) is 5.82 Å². The molecule has 1 aromatic carbocycles. The summed E-state index contributed by atoms with van der Waals surface area (Å²) in [6.45, 7) is 1.12. The summed E-state index contributed by atoms with van der Waals surface area (Å²) in [6.07, 6.45) is 3.40. The molecule has 0 aromatic heterocycles. The lowest BCUT2D eigenvalue weighted by molar-refractivity contribution is 0.227. The van der Waals surface area contributed by atoms with Crippen molar-refractivity contribution >= 4 is 15.9 Å². The predicted molar refractivity (Wildman–Crippen MR) is 69.4 cm³/mol. The van der Waals surface area contributed by atoms with Crippen LogP contribution >= 0.6 is 15.9 Å². The van der Waals surface area contributed by atoms with Crippen LogP contribution in [0.2, 0.25) is 0 Å². The fourth-order valence-corrected chi connectivity index (χ4v) is 2.91. The highest BCUT2D eigenvalue weighted by atomic mass is 79.9. The van der Waals surface area contributed by atoms with Crippen LogP contribution in [0.5, 0.6) is 11.5 Å². The molecule has 0 saturated heterocycles. The van der Waals surface area contributed by atoms with Gasteiger partial charge in [0.25, 0.3) is 0 Å². The van der Waals surface area contributed by atoms with Gasteiger partial charge in [0.2, 0.25) is 0 Å². The summed E-state index contributed by atoms with van der Waals surface area (Å²) in [6, 6.07) is 1.63. The lowest BCUT2D eigenvalue weighted by Crippen LogP contribution is -2.44. The van der Waals surface area contributed by atoms with E-state index in [9.17, 15) is 4.39 Å². The molecule has 1 heterocycles. The van der Waals surface area contributed by atoms with E-state index in [0.29, 0.717) is 34.7 Å². The number of benzene rings is 1. The van der Waals surface area contributed by atoms with E-state index in [4.69, 9.17) is 15.2 Å². The van der Waals surface area contributed by atoms with Crippen LogP contribution < -0.4 is 15.2 Å². The quantitative estimate of drug-likeness (QED) is 0.866. The Balaban J connectivity index is 2.18. The third-order valence-corrected chi connectivity index (χ3v) is 4.25. The Morgan fingerprint density at radius 1 is 1.22 bits per heavy atom. The largest absolute Gasteiger partial charge is 0.490 e. The minimum absolute atomic E-state index is 0.318. The molecule has 0 amide bonds. The molecule has 0 bridgehead atoms. The van der Waals surface area contributed by atoms with Crippen LogP contribution in [0.4, 0.5) is 4.39 Å². The summed E-state index contributed by atoms with van der Waals surface area (Å²) in [5.41, 5.74) is 6.14. The first kappa shape index (κ1) is 12.2. The topological polar surface area (TPSA) is 44.5 Å². The first-order valence-electron chi connectivity index (χ1n) is 6.19. The Kier molecular flexibility index (Phi) is 2.98. The zero-order valence-corrected chi connectivity index (χ0v) is 11.6. The third-order valence-electron chi connectivity index (χ3n) is 3.67. The molecule has 1 aliphatic carbocycles. The fraction of sp³-hybridized carbons (Fsp3) is 0.538. The molecule has 98 valence electrons. The molecule has 18 heavy (non-hydrogen) atoms. The van der Waals surface area contributed by atoms with Gasteiger partial charge in [0, 0.05) is 18.0 Å². The number of hydrogen-bond acceptors (Lipinski definition) is 3. The van der Waals surface area contributed by atoms with E-state index in [0.717, 1.165) is 25.7 Å². The molecular formula is C13H15BrFNO2. The highest BCUT2D eigenvalue weighted by Gasteiger charge is 2.41. The molecular weight excluding hydrogens is 301 g/mol. The number of rotatable bonds is 1. The van der Waals surface area contributed by atoms with Crippen molar-refractivity contribution in [3.63, 3.8) is 0 Å². The van der Waals surface area contributed by atoms with E-state index < -0.39 is 5.54 Å². The smallest absolute Gasteiger partial charge is 0.169 e. The maximum Gasteiger partial charge on any atom is 0.169 e. The van der Waals surface area contributed by atoms with Crippen LogP contribution in [-0.2, 0) is 5.54 Å². The monoisotopic (exact) mass is 315 g/mol. The van der Waals surface area contributed by atoms with Gasteiger partial charge < -0.3 is 15.2 Å². The molecule has 5 heteroatoms. The van der Waals surface area contributed by atoms with Gasteiger partial charge in [-0.15, -0.1) is 0 Å². The van der Waals surface area contributed by atoms with Gasteiger partial charge in [-0.2, -0.15) is 0 Å². The molecule has 1 fully saturated rings. The van der Waals surface area contributed by atoms with Crippen molar-refractivity contribution in [1.82, 2.24) is 0 Å². The third kappa shape index (κ3) is 1.80. The molecule has 1 saturated carbocycles. The normalized spacial score (nSPS) is 21.1. The van der Waals surface area contributed by atoms with Gasteiger partial charge in [0.15, 0.2) is 11.5 Å². The molecule has 1 aliphatic heterocycles. The van der Waals surface area contributed by atoms with Crippen molar-refractivity contribution < 1.29 is 13.9 Å². The maximum atomic E-state index is 14.4. The minimum Gasteiger partial charge on any atom is -0.490 e. The second-order valence-electron chi connectivity index (χ2n) is 4.93. The molecule has 3 rings (SSSR count). The van der Waals surface area contributed by atoms with Crippen molar-refractivity contribution in [1.29, 1.82) is 0 Å². The number of nitrogens with two attached hydrogens (primary N) is 1. The Hall–Kier alpha value is -0.810. The summed E-state index contributed by atoms with van der Waals surface area (Å²) >= 11 is 3.23. The van der Waals surface area contributed by atoms with Gasteiger partial charge >= 0.3 is 0 Å². The molecule has 0 spiro atoms. The highest BCUT2D eigenvalue weighted by Crippen LogP contribution is 2.49. The number of halogens is 2. The molecule has 0 atom stereocenters. The summed E-state index contributed by atoms with van der Waals surface area (Å²) in [4.78, 5) is 0. The number of fused-ring (bicyclic) bond motifs is 1. The van der Waals surface area contributed by atoms with E-state index in [1.165, 1.54) is 0 Å². The van der Waals surface area contributed by atoms with Gasteiger partial charge in [-0.1, -0.05) is 0 Å². The summed E-state index contributed by atoms with van der Waals surface area (Å²) in [5, 5.41) is 0. The van der Waals surface area contributed by atoms with Crippen molar-refractivity contribution in [2.75, 3.05) is 13.2 Å². The van der Waals surface area contributed by atoms with E-state index in [1.54, 1.807) is 6.07 Å². The lowest BCUT2D eigenvalue weighted by Gasteiger charge is -2.39. The van der Waals surface area contributed by atoms with Crippen molar-refractivity contribution in [2.45, 2.75) is 31.2 Å². The fourth-order valence-electron chi connectivity index (χ4n) is 2.50. The Labute approximate surface area is 114 Å². The summed E-state index contributed by atoms with van der Waals surface area (Å²) < 4.78 is 26.0. The Morgan fingerprint density at radius 3 is 2.61 bits per heavy atom. The van der Waals surface area contributed by atoms with E-state index in [-0.39, 0.29) is 5.82 Å². The van der Waals surface area contributed by atoms with Crippen molar-refractivity contribution in [3.05, 3.63) is 21.9 Å². The zero-order chi connectivity index (χ0) is 12.8. The molecule has 2 N–H and O–H groups in total. The number of ether oxygens (including phenoxy) is 2. The van der Waals surface area contributed by atoms with Gasteiger partial charge in [0.05, 0.1) is 23.2 Å². The summed E-state index contributed by atoms with van der Waals surface area (Å²) in [7, 11) is 0. The average molecular weight is 316 g/mol. The number of hydrogen-bond donors (Lipinski definition) is 1. The second kappa shape index (κ2) is 4.38. The molecule has 2 aliphatic rings. The molecule has 3 nitrogen and oxygen atoms in total. The van der Waals surface area contributed by atoms with Gasteiger partial charge in [-0.05, 0) is 35.2 Å². The van der Waals surface area contributed by atoms with E-state index in [1.807, 2.05) is 0 Å². The second-order valence-corrected chi connectivity index (χ2v) is 5.79.